The number of Topliss-reactive ketones (excluding diaryl/α,β-unsaturated/α-hetero) is 2. The van der Waals surface area contributed by atoms with E-state index in [2.05, 4.69) is 205 Å². The van der Waals surface area contributed by atoms with Gasteiger partial charge in [0.1, 0.15) is 11.2 Å². The Kier molecular flexibility index (Phi) is 27.9. The molecule has 3 aromatic carbocycles. The number of hydrogen-bond donors (Lipinski definition) is 3. The normalized spacial score (nSPS) is 35.8. The first-order valence-electron chi connectivity index (χ1n) is 41.1. The quantitative estimate of drug-likeness (QED) is 0.0748. The van der Waals surface area contributed by atoms with Gasteiger partial charge in [-0.05, 0) is 270 Å². The number of allylic oxidation sites excluding steroid dienone is 9. The number of nitrogens with zero attached hydrogens (tertiary/aromatic N) is 3. The molecule has 3 aromatic rings. The summed E-state index contributed by atoms with van der Waals surface area (Å²) in [7, 11) is 12.3. The summed E-state index contributed by atoms with van der Waals surface area (Å²) < 4.78 is 30.5. The molecule has 12 unspecified atom stereocenters. The maximum atomic E-state index is 13.2. The van der Waals surface area contributed by atoms with Gasteiger partial charge in [0.15, 0.2) is 40.3 Å². The zero-order valence-corrected chi connectivity index (χ0v) is 81.2. The number of esters is 1. The SMILES string of the molecule is CC(=O)O[C@]1(C(C)=O)CCC2C3CCC4=CC(=O)CCC4=C3C(c3ccc(N(C)C)cc3)CC21C.CC(=O)[C@@]1(O)CCC2C3CCC4=CC(=O)CCC4=C3C(c3ccc(N(C)C)cc3)CC21C.CI.CN(C)c1ccc(C2CC3(C)C(CC[C@]3(O)C3(C)OCCO3)C3CC[C@@]4(O)CC5(CCC4=C23)OCCO5)cc1.I.[I][V]([I])[I]. The number of ketones is 4. The number of rotatable bonds is 10. The third-order valence-electron chi connectivity index (χ3n) is 30.6. The summed E-state index contributed by atoms with van der Waals surface area (Å²) in [6, 6.07) is 26.4. The van der Waals surface area contributed by atoms with Crippen LogP contribution in [0.25, 0.3) is 0 Å². The Labute approximate surface area is 740 Å². The molecule has 0 aromatic heterocycles. The molecule has 2 heterocycles. The molecule has 0 amide bonds. The summed E-state index contributed by atoms with van der Waals surface area (Å²) in [6.45, 7) is 15.4. The maximum absolute atomic E-state index is 13.2. The first-order valence-corrected chi connectivity index (χ1v) is 56.8. The second kappa shape index (κ2) is 35.0. The molecule has 0 bridgehead atoms. The predicted octanol–water partition coefficient (Wildman–Crippen LogP) is 19.4. The van der Waals surface area contributed by atoms with Crippen molar-refractivity contribution in [3.05, 3.63) is 146 Å². The van der Waals surface area contributed by atoms with Crippen molar-refractivity contribution < 1.29 is 67.9 Å². The Bertz CT molecular complexity index is 4260. The molecule has 9 fully saturated rings. The van der Waals surface area contributed by atoms with E-state index in [1.807, 2.05) is 52.2 Å². The van der Waals surface area contributed by atoms with E-state index >= 15 is 0 Å². The number of carbonyl (C=O) groups is 5. The average molecular weight is 2150 g/mol. The van der Waals surface area contributed by atoms with E-state index in [1.165, 1.54) is 73.9 Å². The van der Waals surface area contributed by atoms with E-state index in [0.717, 1.165) is 108 Å². The molecule has 3 N–H and O–H groups in total. The Morgan fingerprint density at radius 3 is 1.32 bits per heavy atom. The molecular formula is C91H121I5N3O13V. The summed E-state index contributed by atoms with van der Waals surface area (Å²) in [5.41, 5.74) is 12.6. The second-order valence-corrected chi connectivity index (χ2v) is 71.7. The Balaban J connectivity index is 0.000000152. The molecule has 7 saturated carbocycles. The van der Waals surface area contributed by atoms with Crippen molar-refractivity contribution in [2.45, 2.75) is 241 Å². The summed E-state index contributed by atoms with van der Waals surface area (Å²) in [4.78, 5) is 70.6. The van der Waals surface area contributed by atoms with Gasteiger partial charge in [0.05, 0.1) is 32.0 Å². The van der Waals surface area contributed by atoms with Gasteiger partial charge >= 0.3 is 70.8 Å². The molecule has 12 aliphatic carbocycles. The number of aliphatic hydroxyl groups is 3. The van der Waals surface area contributed by atoms with Crippen molar-refractivity contribution in [3.63, 3.8) is 0 Å². The fourth-order valence-electron chi connectivity index (χ4n) is 25.4. The van der Waals surface area contributed by atoms with Crippen molar-refractivity contribution in [2.24, 2.45) is 51.8 Å². The number of carbonyl (C=O) groups excluding carboxylic acids is 5. The van der Waals surface area contributed by atoms with Crippen LogP contribution in [0, 0.1) is 51.8 Å². The van der Waals surface area contributed by atoms with E-state index in [4.69, 9.17) is 23.7 Å². The number of ether oxygens (including phenoxy) is 5. The number of halogens is 5. The van der Waals surface area contributed by atoms with Crippen molar-refractivity contribution in [1.29, 1.82) is 0 Å². The van der Waals surface area contributed by atoms with Crippen LogP contribution in [0.1, 0.15) is 224 Å². The van der Waals surface area contributed by atoms with E-state index in [0.29, 0.717) is 101 Å². The molecule has 16 nitrogen and oxygen atoms in total. The van der Waals surface area contributed by atoms with Crippen molar-refractivity contribution in [3.8, 4) is 0 Å². The molecule has 618 valence electrons. The van der Waals surface area contributed by atoms with Crippen LogP contribution in [0.4, 0.5) is 17.1 Å². The van der Waals surface area contributed by atoms with Gasteiger partial charge in [0, 0.05) is 126 Å². The van der Waals surface area contributed by atoms with E-state index < -0.39 is 44.8 Å². The van der Waals surface area contributed by atoms with Gasteiger partial charge in [0.2, 0.25) is 0 Å². The fourth-order valence-corrected chi connectivity index (χ4v) is 25.4. The minimum absolute atomic E-state index is 0. The molecular weight excluding hydrogens is 2030 g/mol. The van der Waals surface area contributed by atoms with Crippen LogP contribution >= 0.6 is 107 Å². The molecule has 16 atom stereocenters. The van der Waals surface area contributed by atoms with E-state index in [-0.39, 0.29) is 87.1 Å². The van der Waals surface area contributed by atoms with Crippen LogP contribution in [0.2, 0.25) is 0 Å². The number of anilines is 3. The van der Waals surface area contributed by atoms with Crippen LogP contribution in [0.3, 0.4) is 0 Å². The number of benzene rings is 3. The third-order valence-corrected chi connectivity index (χ3v) is 30.6. The zero-order chi connectivity index (χ0) is 80.8. The molecule has 22 heteroatoms. The van der Waals surface area contributed by atoms with Crippen molar-refractivity contribution >= 4 is 153 Å². The van der Waals surface area contributed by atoms with Gasteiger partial charge in [-0.3, -0.25) is 24.0 Å². The van der Waals surface area contributed by atoms with Gasteiger partial charge < -0.3 is 53.7 Å². The third kappa shape index (κ3) is 16.1. The Morgan fingerprint density at radius 2 is 0.876 bits per heavy atom. The summed E-state index contributed by atoms with van der Waals surface area (Å²) in [6.07, 6.45) is 21.1. The Morgan fingerprint density at radius 1 is 0.478 bits per heavy atom. The minimum atomic E-state index is -1.24. The van der Waals surface area contributed by atoms with Crippen molar-refractivity contribution in [2.75, 3.05) is 88.3 Å². The number of hydrogen-bond acceptors (Lipinski definition) is 16. The number of alkyl halides is 1. The summed E-state index contributed by atoms with van der Waals surface area (Å²) in [5, 5.41) is 36.4. The molecule has 113 heavy (non-hydrogen) atoms. The second-order valence-electron chi connectivity index (χ2n) is 36.3. The van der Waals surface area contributed by atoms with Crippen LogP contribution in [-0.4, -0.2) is 152 Å². The summed E-state index contributed by atoms with van der Waals surface area (Å²) in [5.74, 6) is 0.722. The molecule has 1 spiro atoms. The summed E-state index contributed by atoms with van der Waals surface area (Å²) >= 11 is 9.54. The molecule has 17 rings (SSSR count). The van der Waals surface area contributed by atoms with Crippen molar-refractivity contribution in [1.82, 2.24) is 0 Å². The molecule has 14 aliphatic rings. The van der Waals surface area contributed by atoms with E-state index in [9.17, 15) is 39.3 Å². The molecule has 0 radical (unpaired) electrons. The molecule has 2 aliphatic heterocycles. The topological polar surface area (TPSA) is 202 Å². The first kappa shape index (κ1) is 90.1. The van der Waals surface area contributed by atoms with Crippen LogP contribution in [0.5, 0.6) is 0 Å². The standard InChI is InChI=1S/C32H45NO6.C30H37NO4.C28H35NO3.CH3I.4HI.V/c1-28-19-24(21-5-7-22(8-6-21)33(3)4)27-23(25(28)11-14-32(28,35)29(2)36-15-16-37-29)9-12-30(34)20-31(13-10-26(27)30)38-17-18-39-31;1-18(32)30(35-19(2)33)15-14-27-25-12-8-21-16-23(34)11-13-24(21)28(25)26(17-29(27,30)3)20-6-9-22(10-7-20)31(4)5;1-17(30)28(32)14-13-25-23-11-7-19-15-21(31)10-12-22(19)26(23)24(16-27(25,28)2)18-5-8-20(9-6-18)29(3)4;1-2;;;;;/h5-8,23-25,34-35H,9-20H2,1-4H3;6-7,9-10,16,25-27H,8,11-15,17H2,1-5H3;5-6,8-9,15,23-25,32H,7,10-14,16H2,1-4H3;1H3;4*1H;/q;;;;;;;;+3/p-3/t23?,24?,25?,28?,30-,32-;25?,26?,27?,29?,30-;23?,24?,25?,27?,28-;;;;;;/m100....../s1. The predicted molar refractivity (Wildman–Crippen MR) is 488 cm³/mol. The van der Waals surface area contributed by atoms with Gasteiger partial charge in [-0.2, -0.15) is 0 Å². The fraction of sp³-hybridized carbons (Fsp3) is 0.637. The first-order chi connectivity index (χ1) is 53.0. The van der Waals surface area contributed by atoms with Gasteiger partial charge in [-0.15, -0.1) is 24.0 Å². The Hall–Kier alpha value is -2.14. The van der Waals surface area contributed by atoms with E-state index in [1.54, 1.807) is 13.8 Å². The average Bonchev–Trinajstić information content (AvgIpc) is 1.58. The van der Waals surface area contributed by atoms with Crippen LogP contribution < -0.4 is 14.7 Å². The zero-order valence-electron chi connectivity index (χ0n) is 68.8. The number of fused-ring (bicyclic) bond motifs is 12. The van der Waals surface area contributed by atoms with Gasteiger partial charge in [0.25, 0.3) is 0 Å². The van der Waals surface area contributed by atoms with Crippen LogP contribution in [0.15, 0.2) is 130 Å². The van der Waals surface area contributed by atoms with Gasteiger partial charge in [-0.1, -0.05) is 96.5 Å². The molecule has 2 saturated heterocycles. The van der Waals surface area contributed by atoms with Crippen LogP contribution in [-0.2, 0) is 52.6 Å². The van der Waals surface area contributed by atoms with Gasteiger partial charge in [-0.25, -0.2) is 0 Å². The monoisotopic (exact) mass is 2150 g/mol.